The fraction of sp³-hybridized carbons (Fsp3) is 0.615. The van der Waals surface area contributed by atoms with Crippen LogP contribution in [0.25, 0.3) is 0 Å². The van der Waals surface area contributed by atoms with Gasteiger partial charge in [-0.15, -0.1) is 6.42 Å². The Bertz CT molecular complexity index is 385. The lowest BCUT2D eigenvalue weighted by atomic mass is 10.0. The average molecular weight is 219 g/mol. The molecule has 0 fully saturated rings. The van der Waals surface area contributed by atoms with Crippen LogP contribution < -0.4 is 5.32 Å². The van der Waals surface area contributed by atoms with E-state index in [4.69, 9.17) is 6.42 Å². The number of hydrogen-bond donors (Lipinski definition) is 1. The second kappa shape index (κ2) is 5.72. The van der Waals surface area contributed by atoms with E-state index in [1.165, 1.54) is 11.3 Å². The lowest BCUT2D eigenvalue weighted by molar-refractivity contribution is 0.587. The van der Waals surface area contributed by atoms with E-state index >= 15 is 0 Å². The van der Waals surface area contributed by atoms with Gasteiger partial charge in [0.2, 0.25) is 0 Å². The number of aromatic nitrogens is 2. The number of terminal acetylenes is 1. The molecule has 0 radical (unpaired) electrons. The Labute approximate surface area is 98.2 Å². The summed E-state index contributed by atoms with van der Waals surface area (Å²) in [6, 6.07) is 0.170. The van der Waals surface area contributed by atoms with E-state index in [1.807, 2.05) is 11.7 Å². The van der Waals surface area contributed by atoms with Crippen molar-refractivity contribution in [3.05, 3.63) is 17.0 Å². The van der Waals surface area contributed by atoms with Crippen molar-refractivity contribution < 1.29 is 0 Å². The number of hydrogen-bond acceptors (Lipinski definition) is 2. The predicted molar refractivity (Wildman–Crippen MR) is 67.3 cm³/mol. The van der Waals surface area contributed by atoms with Crippen LogP contribution in [-0.2, 0) is 13.5 Å². The molecule has 16 heavy (non-hydrogen) atoms. The van der Waals surface area contributed by atoms with Gasteiger partial charge in [0.1, 0.15) is 0 Å². The Hall–Kier alpha value is -1.27. The highest BCUT2D eigenvalue weighted by atomic mass is 15.3. The zero-order valence-corrected chi connectivity index (χ0v) is 10.7. The topological polar surface area (TPSA) is 29.9 Å². The Morgan fingerprint density at radius 2 is 2.19 bits per heavy atom. The van der Waals surface area contributed by atoms with Gasteiger partial charge < -0.3 is 5.32 Å². The summed E-state index contributed by atoms with van der Waals surface area (Å²) in [7, 11) is 1.98. The second-order valence-electron chi connectivity index (χ2n) is 4.09. The predicted octanol–water partition coefficient (Wildman–Crippen LogP) is 1.58. The van der Waals surface area contributed by atoms with E-state index in [1.54, 1.807) is 0 Å². The van der Waals surface area contributed by atoms with Gasteiger partial charge in [-0.25, -0.2) is 0 Å². The average Bonchev–Trinajstić information content (AvgIpc) is 2.49. The van der Waals surface area contributed by atoms with E-state index in [2.05, 4.69) is 37.1 Å². The lowest BCUT2D eigenvalue weighted by Crippen LogP contribution is -2.27. The van der Waals surface area contributed by atoms with E-state index in [-0.39, 0.29) is 6.04 Å². The molecular weight excluding hydrogens is 198 g/mol. The van der Waals surface area contributed by atoms with E-state index < -0.39 is 0 Å². The molecule has 0 aliphatic carbocycles. The minimum Gasteiger partial charge on any atom is -0.304 e. The molecule has 88 valence electrons. The summed E-state index contributed by atoms with van der Waals surface area (Å²) in [6.07, 6.45) is 7.43. The third-order valence-corrected chi connectivity index (χ3v) is 2.99. The fourth-order valence-corrected chi connectivity index (χ4v) is 1.96. The molecule has 0 aromatic carbocycles. The van der Waals surface area contributed by atoms with Crippen molar-refractivity contribution >= 4 is 0 Å². The summed E-state index contributed by atoms with van der Waals surface area (Å²) in [5.74, 6) is 2.78. The van der Waals surface area contributed by atoms with Gasteiger partial charge in [-0.2, -0.15) is 5.10 Å². The SMILES string of the molecule is C#CC(CCc1c(C)nn(C)c1C)NCC. The molecule has 1 unspecified atom stereocenters. The van der Waals surface area contributed by atoms with Crippen molar-refractivity contribution in [1.82, 2.24) is 15.1 Å². The molecule has 1 rings (SSSR count). The monoisotopic (exact) mass is 219 g/mol. The largest absolute Gasteiger partial charge is 0.304 e. The number of nitrogens with one attached hydrogen (secondary N) is 1. The summed E-state index contributed by atoms with van der Waals surface area (Å²) in [4.78, 5) is 0. The minimum absolute atomic E-state index is 0.170. The van der Waals surface area contributed by atoms with Crippen LogP contribution in [0.1, 0.15) is 30.3 Å². The Morgan fingerprint density at radius 3 is 2.62 bits per heavy atom. The van der Waals surface area contributed by atoms with Gasteiger partial charge in [-0.1, -0.05) is 12.8 Å². The first-order valence-electron chi connectivity index (χ1n) is 5.78. The summed E-state index contributed by atoms with van der Waals surface area (Å²) in [5, 5.41) is 7.69. The van der Waals surface area contributed by atoms with Crippen molar-refractivity contribution in [1.29, 1.82) is 0 Å². The Balaban J connectivity index is 2.64. The summed E-state index contributed by atoms with van der Waals surface area (Å²) in [6.45, 7) is 7.15. The van der Waals surface area contributed by atoms with Crippen LogP contribution >= 0.6 is 0 Å². The van der Waals surface area contributed by atoms with Crippen molar-refractivity contribution in [2.24, 2.45) is 7.05 Å². The molecule has 1 aromatic rings. The molecule has 1 N–H and O–H groups in total. The second-order valence-corrected chi connectivity index (χ2v) is 4.09. The molecule has 0 spiro atoms. The summed E-state index contributed by atoms with van der Waals surface area (Å²) < 4.78 is 1.93. The molecule has 1 atom stereocenters. The molecule has 3 nitrogen and oxygen atoms in total. The molecule has 0 saturated carbocycles. The van der Waals surface area contributed by atoms with E-state index in [0.29, 0.717) is 0 Å². The number of aryl methyl sites for hydroxylation is 2. The van der Waals surface area contributed by atoms with Crippen LogP contribution in [0, 0.1) is 26.2 Å². The minimum atomic E-state index is 0.170. The number of nitrogens with zero attached hydrogens (tertiary/aromatic N) is 2. The van der Waals surface area contributed by atoms with Crippen LogP contribution in [0.3, 0.4) is 0 Å². The molecule has 0 aliphatic rings. The van der Waals surface area contributed by atoms with Gasteiger partial charge in [-0.05, 0) is 38.8 Å². The third-order valence-electron chi connectivity index (χ3n) is 2.99. The van der Waals surface area contributed by atoms with Gasteiger partial charge in [0.15, 0.2) is 0 Å². The van der Waals surface area contributed by atoms with Crippen molar-refractivity contribution in [2.45, 2.75) is 39.7 Å². The maximum atomic E-state index is 5.47. The summed E-state index contributed by atoms with van der Waals surface area (Å²) >= 11 is 0. The highest BCUT2D eigenvalue weighted by molar-refractivity contribution is 5.24. The van der Waals surface area contributed by atoms with Crippen LogP contribution in [0.5, 0.6) is 0 Å². The van der Waals surface area contributed by atoms with Crippen LogP contribution in [0.4, 0.5) is 0 Å². The lowest BCUT2D eigenvalue weighted by Gasteiger charge is -2.11. The number of rotatable bonds is 5. The maximum Gasteiger partial charge on any atom is 0.0690 e. The first-order chi connectivity index (χ1) is 7.60. The van der Waals surface area contributed by atoms with Gasteiger partial charge in [0.25, 0.3) is 0 Å². The van der Waals surface area contributed by atoms with Crippen molar-refractivity contribution in [3.8, 4) is 12.3 Å². The molecule has 1 aromatic heterocycles. The van der Waals surface area contributed by atoms with E-state index in [9.17, 15) is 0 Å². The van der Waals surface area contributed by atoms with Crippen LogP contribution in [-0.4, -0.2) is 22.4 Å². The molecule has 0 aliphatic heterocycles. The van der Waals surface area contributed by atoms with E-state index in [0.717, 1.165) is 25.1 Å². The molecule has 0 amide bonds. The normalized spacial score (nSPS) is 12.4. The van der Waals surface area contributed by atoms with Gasteiger partial charge in [-0.3, -0.25) is 4.68 Å². The smallest absolute Gasteiger partial charge is 0.0690 e. The zero-order chi connectivity index (χ0) is 12.1. The zero-order valence-electron chi connectivity index (χ0n) is 10.7. The third kappa shape index (κ3) is 2.86. The molecular formula is C13H21N3. The van der Waals surface area contributed by atoms with Crippen LogP contribution in [0.15, 0.2) is 0 Å². The standard InChI is InChI=1S/C13H21N3/c1-6-12(14-7-2)8-9-13-10(3)15-16(5)11(13)4/h1,12,14H,7-9H2,2-5H3. The maximum absolute atomic E-state index is 5.47. The van der Waals surface area contributed by atoms with Crippen LogP contribution in [0.2, 0.25) is 0 Å². The van der Waals surface area contributed by atoms with Crippen molar-refractivity contribution in [3.63, 3.8) is 0 Å². The molecule has 1 heterocycles. The molecule has 0 bridgehead atoms. The highest BCUT2D eigenvalue weighted by Gasteiger charge is 2.11. The van der Waals surface area contributed by atoms with Gasteiger partial charge in [0.05, 0.1) is 11.7 Å². The quantitative estimate of drug-likeness (QED) is 0.762. The Kier molecular flexibility index (Phi) is 4.57. The first-order valence-corrected chi connectivity index (χ1v) is 5.78. The Morgan fingerprint density at radius 1 is 1.50 bits per heavy atom. The first kappa shape index (κ1) is 12.8. The van der Waals surface area contributed by atoms with Gasteiger partial charge >= 0.3 is 0 Å². The van der Waals surface area contributed by atoms with Gasteiger partial charge in [0, 0.05) is 12.7 Å². The molecule has 3 heteroatoms. The fourth-order valence-electron chi connectivity index (χ4n) is 1.96. The molecule has 0 saturated heterocycles. The highest BCUT2D eigenvalue weighted by Crippen LogP contribution is 2.14. The summed E-state index contributed by atoms with van der Waals surface area (Å²) in [5.41, 5.74) is 3.69. The van der Waals surface area contributed by atoms with Crippen molar-refractivity contribution in [2.75, 3.05) is 6.54 Å².